The number of nitrogens with zero attached hydrogens (tertiary/aromatic N) is 2. The molecule has 4 heteroatoms. The van der Waals surface area contributed by atoms with Crippen molar-refractivity contribution < 1.29 is 4.42 Å². The Bertz CT molecular complexity index is 1560. The first kappa shape index (κ1) is 17.4. The van der Waals surface area contributed by atoms with Crippen LogP contribution < -0.4 is 0 Å². The fourth-order valence-corrected chi connectivity index (χ4v) is 4.94. The summed E-state index contributed by atoms with van der Waals surface area (Å²) in [6, 6.07) is 25.4. The number of pyridine rings is 2. The molecule has 144 valence electrons. The van der Waals surface area contributed by atoms with Crippen LogP contribution in [0.1, 0.15) is 11.3 Å². The van der Waals surface area contributed by atoms with E-state index in [-0.39, 0.29) is 0 Å². The van der Waals surface area contributed by atoms with Gasteiger partial charge in [0.25, 0.3) is 0 Å². The standard InChI is InChI=1S/C26H18N2OS/c1-15-6-9-17(10-7-15)23-14-18-11-13-22(28-26(18)30-23)21-5-3-4-19-20-12-8-16(2)27-25(20)29-24(19)21/h3-14H,1-2H3. The molecule has 4 heterocycles. The van der Waals surface area contributed by atoms with Gasteiger partial charge in [0.05, 0.1) is 5.69 Å². The summed E-state index contributed by atoms with van der Waals surface area (Å²) in [5, 5.41) is 3.27. The first-order chi connectivity index (χ1) is 14.7. The molecule has 0 aliphatic heterocycles. The van der Waals surface area contributed by atoms with Crippen molar-refractivity contribution in [2.24, 2.45) is 0 Å². The summed E-state index contributed by atoms with van der Waals surface area (Å²) in [7, 11) is 0. The summed E-state index contributed by atoms with van der Waals surface area (Å²) < 4.78 is 6.17. The number of hydrogen-bond acceptors (Lipinski definition) is 4. The van der Waals surface area contributed by atoms with Gasteiger partial charge in [-0.2, -0.15) is 0 Å². The van der Waals surface area contributed by atoms with E-state index in [9.17, 15) is 0 Å². The van der Waals surface area contributed by atoms with Gasteiger partial charge in [0.1, 0.15) is 10.4 Å². The first-order valence-electron chi connectivity index (χ1n) is 9.93. The lowest BCUT2D eigenvalue weighted by Crippen LogP contribution is -1.83. The molecule has 2 aromatic carbocycles. The first-order valence-corrected chi connectivity index (χ1v) is 10.7. The maximum atomic E-state index is 6.17. The van der Waals surface area contributed by atoms with Crippen molar-refractivity contribution in [3.8, 4) is 21.7 Å². The zero-order valence-corrected chi connectivity index (χ0v) is 17.5. The van der Waals surface area contributed by atoms with Gasteiger partial charge in [-0.1, -0.05) is 42.0 Å². The summed E-state index contributed by atoms with van der Waals surface area (Å²) >= 11 is 1.72. The van der Waals surface area contributed by atoms with Gasteiger partial charge in [-0.3, -0.25) is 0 Å². The van der Waals surface area contributed by atoms with Gasteiger partial charge in [0.15, 0.2) is 0 Å². The number of aromatic nitrogens is 2. The average Bonchev–Trinajstić information content (AvgIpc) is 3.34. The fourth-order valence-electron chi connectivity index (χ4n) is 3.90. The van der Waals surface area contributed by atoms with E-state index in [0.29, 0.717) is 5.71 Å². The van der Waals surface area contributed by atoms with Crippen LogP contribution in [-0.2, 0) is 0 Å². The number of rotatable bonds is 2. The van der Waals surface area contributed by atoms with Gasteiger partial charge in [-0.15, -0.1) is 11.3 Å². The Kier molecular flexibility index (Phi) is 3.77. The molecule has 30 heavy (non-hydrogen) atoms. The largest absolute Gasteiger partial charge is 0.437 e. The highest BCUT2D eigenvalue weighted by Crippen LogP contribution is 2.37. The van der Waals surface area contributed by atoms with Crippen molar-refractivity contribution in [2.75, 3.05) is 0 Å². The molecule has 0 aliphatic carbocycles. The Morgan fingerprint density at radius 1 is 0.800 bits per heavy atom. The third-order valence-electron chi connectivity index (χ3n) is 5.50. The second kappa shape index (κ2) is 6.51. The van der Waals surface area contributed by atoms with E-state index in [1.165, 1.54) is 16.0 Å². The van der Waals surface area contributed by atoms with Gasteiger partial charge in [-0.25, -0.2) is 9.97 Å². The minimum Gasteiger partial charge on any atom is -0.437 e. The van der Waals surface area contributed by atoms with E-state index < -0.39 is 0 Å². The smallest absolute Gasteiger partial charge is 0.227 e. The Morgan fingerprint density at radius 2 is 1.67 bits per heavy atom. The molecule has 0 N–H and O–H groups in total. The van der Waals surface area contributed by atoms with E-state index in [2.05, 4.69) is 78.6 Å². The van der Waals surface area contributed by atoms with Crippen molar-refractivity contribution in [1.82, 2.24) is 9.97 Å². The zero-order chi connectivity index (χ0) is 20.2. The third kappa shape index (κ3) is 2.72. The number of aryl methyl sites for hydroxylation is 2. The molecule has 6 aromatic rings. The Labute approximate surface area is 177 Å². The predicted octanol–water partition coefficient (Wildman–Crippen LogP) is 7.54. The highest BCUT2D eigenvalue weighted by Gasteiger charge is 2.15. The minimum atomic E-state index is 0.677. The van der Waals surface area contributed by atoms with Gasteiger partial charge in [0, 0.05) is 32.3 Å². The third-order valence-corrected chi connectivity index (χ3v) is 6.59. The lowest BCUT2D eigenvalue weighted by atomic mass is 10.1. The van der Waals surface area contributed by atoms with E-state index in [4.69, 9.17) is 9.40 Å². The monoisotopic (exact) mass is 406 g/mol. The van der Waals surface area contributed by atoms with Crippen LogP contribution in [0.2, 0.25) is 0 Å². The van der Waals surface area contributed by atoms with Crippen LogP contribution in [0.3, 0.4) is 0 Å². The highest BCUT2D eigenvalue weighted by atomic mass is 32.1. The van der Waals surface area contributed by atoms with Crippen LogP contribution >= 0.6 is 11.3 Å². The second-order valence-electron chi connectivity index (χ2n) is 7.66. The maximum absolute atomic E-state index is 6.17. The Morgan fingerprint density at radius 3 is 2.53 bits per heavy atom. The number of thiophene rings is 1. The molecule has 0 aliphatic rings. The summed E-state index contributed by atoms with van der Waals surface area (Å²) in [5.74, 6) is 0. The summed E-state index contributed by atoms with van der Waals surface area (Å²) in [5.41, 5.74) is 6.88. The van der Waals surface area contributed by atoms with Gasteiger partial charge < -0.3 is 4.42 Å². The van der Waals surface area contributed by atoms with Crippen molar-refractivity contribution in [1.29, 1.82) is 0 Å². The molecule has 0 fully saturated rings. The normalized spacial score (nSPS) is 11.7. The molecular weight excluding hydrogens is 388 g/mol. The molecule has 0 unspecified atom stereocenters. The Balaban J connectivity index is 1.51. The molecule has 0 atom stereocenters. The minimum absolute atomic E-state index is 0.677. The predicted molar refractivity (Wildman–Crippen MR) is 125 cm³/mol. The fraction of sp³-hybridized carbons (Fsp3) is 0.0769. The van der Waals surface area contributed by atoms with Crippen LogP contribution in [0, 0.1) is 13.8 Å². The van der Waals surface area contributed by atoms with Gasteiger partial charge in [-0.05, 0) is 55.8 Å². The van der Waals surface area contributed by atoms with E-state index >= 15 is 0 Å². The number of benzene rings is 2. The van der Waals surface area contributed by atoms with Crippen LogP contribution in [0.15, 0.2) is 77.2 Å². The summed E-state index contributed by atoms with van der Waals surface area (Å²) in [6.07, 6.45) is 0. The number of furan rings is 1. The molecule has 0 saturated carbocycles. The SMILES string of the molecule is Cc1ccc(-c2cc3ccc(-c4cccc5c4oc4nc(C)ccc45)nc3s2)cc1. The van der Waals surface area contributed by atoms with Crippen LogP contribution in [0.25, 0.3) is 54.0 Å². The van der Waals surface area contributed by atoms with E-state index in [0.717, 1.165) is 43.5 Å². The molecular formula is C26H18N2OS. The van der Waals surface area contributed by atoms with Crippen LogP contribution in [-0.4, -0.2) is 9.97 Å². The van der Waals surface area contributed by atoms with Crippen molar-refractivity contribution in [3.05, 3.63) is 84.1 Å². The van der Waals surface area contributed by atoms with E-state index in [1.54, 1.807) is 11.3 Å². The molecule has 0 bridgehead atoms. The molecule has 6 rings (SSSR count). The number of para-hydroxylation sites is 1. The summed E-state index contributed by atoms with van der Waals surface area (Å²) in [4.78, 5) is 11.8. The van der Waals surface area contributed by atoms with Gasteiger partial charge in [0.2, 0.25) is 5.71 Å². The molecule has 3 nitrogen and oxygen atoms in total. The van der Waals surface area contributed by atoms with Crippen molar-refractivity contribution >= 4 is 43.6 Å². The molecule has 0 amide bonds. The van der Waals surface area contributed by atoms with Crippen molar-refractivity contribution in [2.45, 2.75) is 13.8 Å². The highest BCUT2D eigenvalue weighted by molar-refractivity contribution is 7.21. The molecule has 0 spiro atoms. The lowest BCUT2D eigenvalue weighted by Gasteiger charge is -2.02. The summed E-state index contributed by atoms with van der Waals surface area (Å²) in [6.45, 7) is 4.09. The van der Waals surface area contributed by atoms with Crippen LogP contribution in [0.5, 0.6) is 0 Å². The average molecular weight is 407 g/mol. The molecule has 0 saturated heterocycles. The topological polar surface area (TPSA) is 38.9 Å². The number of fused-ring (bicyclic) bond motifs is 4. The van der Waals surface area contributed by atoms with Crippen LogP contribution in [0.4, 0.5) is 0 Å². The van der Waals surface area contributed by atoms with Gasteiger partial charge >= 0.3 is 0 Å². The lowest BCUT2D eigenvalue weighted by molar-refractivity contribution is 0.653. The maximum Gasteiger partial charge on any atom is 0.227 e. The quantitative estimate of drug-likeness (QED) is 0.298. The van der Waals surface area contributed by atoms with E-state index in [1.807, 2.05) is 13.0 Å². The molecule has 4 aromatic heterocycles. The van der Waals surface area contributed by atoms with Crippen molar-refractivity contribution in [3.63, 3.8) is 0 Å². The number of hydrogen-bond donors (Lipinski definition) is 0. The Hall–Kier alpha value is -3.50. The second-order valence-corrected chi connectivity index (χ2v) is 8.69. The zero-order valence-electron chi connectivity index (χ0n) is 16.6. The molecule has 0 radical (unpaired) electrons.